The molecule has 7 rings (SSSR count). The van der Waals surface area contributed by atoms with Gasteiger partial charge >= 0.3 is 5.97 Å². The van der Waals surface area contributed by atoms with Crippen LogP contribution in [0.5, 0.6) is 5.75 Å². The number of nitrogens with one attached hydrogen (secondary N) is 12. The molecule has 1 unspecified atom stereocenters. The van der Waals surface area contributed by atoms with Crippen LogP contribution in [0.3, 0.4) is 0 Å². The third kappa shape index (κ3) is 34.3. The number of aryl methyl sites for hydroxylation is 2. The molecule has 3 aromatic carbocycles. The summed E-state index contributed by atoms with van der Waals surface area (Å²) >= 11 is 0. The molecule has 0 spiro atoms. The molecule has 0 aliphatic heterocycles. The molecule has 1 aliphatic carbocycles. The van der Waals surface area contributed by atoms with Crippen molar-refractivity contribution in [3.63, 3.8) is 0 Å². The minimum atomic E-state index is -2.39. The van der Waals surface area contributed by atoms with Crippen LogP contribution in [0.1, 0.15) is 127 Å². The number of halogens is 1. The number of aliphatic carboxylic acids is 1. The van der Waals surface area contributed by atoms with Crippen molar-refractivity contribution in [2.75, 3.05) is 85.7 Å². The quantitative estimate of drug-likeness (QED) is 0.0109. The van der Waals surface area contributed by atoms with Crippen LogP contribution in [-0.2, 0) is 126 Å². The molecule has 42 nitrogen and oxygen atoms in total. The van der Waals surface area contributed by atoms with Crippen LogP contribution in [0, 0.1) is 23.1 Å². The van der Waals surface area contributed by atoms with E-state index in [-0.39, 0.29) is 49.6 Å². The molecule has 0 radical (unpaired) electrons. The number of aromatic amines is 2. The summed E-state index contributed by atoms with van der Waals surface area (Å²) in [6.07, 6.45) is 6.03. The molecular weight excluding hydrogens is 1650 g/mol. The highest BCUT2D eigenvalue weighted by atomic mass is 19.1. The van der Waals surface area contributed by atoms with Crippen molar-refractivity contribution < 1.29 is 111 Å². The van der Waals surface area contributed by atoms with Gasteiger partial charge in [0, 0.05) is 63.6 Å². The number of aliphatic hydroxyl groups excluding tert-OH is 3. The fraction of sp³-hybridized carbons (Fsp3) is 0.542. The Morgan fingerprint density at radius 2 is 1.37 bits per heavy atom. The minimum absolute atomic E-state index is 0.0254. The fourth-order valence-electron chi connectivity index (χ4n) is 12.6. The van der Waals surface area contributed by atoms with E-state index in [1.807, 2.05) is 31.3 Å². The van der Waals surface area contributed by atoms with Gasteiger partial charge in [-0.05, 0) is 119 Å². The van der Waals surface area contributed by atoms with Gasteiger partial charge in [-0.15, -0.1) is 21.2 Å². The van der Waals surface area contributed by atoms with Gasteiger partial charge < -0.3 is 113 Å². The van der Waals surface area contributed by atoms with Gasteiger partial charge in [-0.2, -0.15) is 5.21 Å². The largest absolute Gasteiger partial charge is 0.494 e. The zero-order valence-electron chi connectivity index (χ0n) is 71.3. The van der Waals surface area contributed by atoms with E-state index in [9.17, 15) is 78.0 Å². The summed E-state index contributed by atoms with van der Waals surface area (Å²) in [6, 6.07) is 6.59. The number of aliphatic hydroxyl groups is 3. The van der Waals surface area contributed by atoms with Gasteiger partial charge in [-0.1, -0.05) is 78.2 Å². The van der Waals surface area contributed by atoms with Crippen LogP contribution in [0.25, 0.3) is 11.1 Å². The van der Waals surface area contributed by atoms with E-state index >= 15 is 4.39 Å². The number of imidazole rings is 1. The van der Waals surface area contributed by atoms with Gasteiger partial charge in [0.15, 0.2) is 5.82 Å². The highest BCUT2D eigenvalue weighted by Crippen LogP contribution is 2.29. The number of rotatable bonds is 57. The number of carbonyl (C=O) groups excluding carboxylic acids is 11. The number of ether oxygens (including phenoxy) is 6. The number of amides is 11. The Hall–Kier alpha value is -12.3. The van der Waals surface area contributed by atoms with E-state index in [1.165, 1.54) is 38.4 Å². The number of carbonyl (C=O) groups is 12. The number of hydrogen-bond acceptors (Lipinski definition) is 27. The standard InChI is InChI=1S/C83H115FN20O22/c1-7-54-40-60(125-31-16-15-30-104-46-58(98-103-104)48-124-38-37-123-36-35-122-34-33-121-32-29-87-69(109)49-126-59-18-11-9-8-10-12-19-59)25-26-61(54)55-23-21-53(22-24-55)39-63(73(85)112)91-75(114)65(42-70(110)111)92-76(115)66(47-105)93-77(116)71(51(2)106)96-81(120)83(6,43-56-17-13-14-20-62(56)84)97-78(117)72(52(3)107)95-68(108)45-89-74(113)64(41-67-99-101-102-100-67)94-80(119)82(4,5)79(118)88-28-27-57-44-86-50-90-57/h13-14,17,20-26,40,44,46,50-52,59,63-66,71-72,105-107H,7-11,15-16,18,27-39,41-43,45,47-49H2,1-6H3,(H2,85,112)(H,86,90)(H,87,109)(H,88,118)(H,89,113)(H,91,114)(H,92,115)(H,93,116)(H,94,119)(H,95,108)(H,96,120)(H,97,117)(H,110,111)(H,99,100,101,102)/t51-,52-,59?,63+,64+,65+,66+,71+,72+,83+/m1/s1. The molecule has 43 heteroatoms. The second-order valence-corrected chi connectivity index (χ2v) is 30.5. The lowest BCUT2D eigenvalue weighted by Crippen LogP contribution is -2.67. The number of benzene rings is 3. The number of carboxylic acids is 1. The molecule has 3 aromatic heterocycles. The van der Waals surface area contributed by atoms with E-state index in [0.717, 1.165) is 88.5 Å². The number of H-pyrrole nitrogens is 2. The zero-order chi connectivity index (χ0) is 91.6. The van der Waals surface area contributed by atoms with Crippen LogP contribution in [0.15, 0.2) is 85.5 Å². The maximum atomic E-state index is 15.5. The predicted molar refractivity (Wildman–Crippen MR) is 446 cm³/mol. The van der Waals surface area contributed by atoms with Gasteiger partial charge in [0.05, 0.1) is 104 Å². The summed E-state index contributed by atoms with van der Waals surface area (Å²) in [6.45, 7) is 10.0. The molecule has 686 valence electrons. The van der Waals surface area contributed by atoms with Crippen molar-refractivity contribution in [1.29, 1.82) is 0 Å². The van der Waals surface area contributed by atoms with Crippen LogP contribution in [0.4, 0.5) is 4.39 Å². The molecule has 0 bridgehead atoms. The monoisotopic (exact) mass is 1760 g/mol. The van der Waals surface area contributed by atoms with E-state index < -0.39 is 163 Å². The number of nitrogens with zero attached hydrogens (tertiary/aromatic N) is 7. The topological polar surface area (TPSA) is 601 Å². The van der Waals surface area contributed by atoms with Crippen molar-refractivity contribution in [2.45, 2.75) is 198 Å². The summed E-state index contributed by atoms with van der Waals surface area (Å²) in [5, 5.41) is 87.6. The van der Waals surface area contributed by atoms with Gasteiger partial charge in [0.1, 0.15) is 77.2 Å². The summed E-state index contributed by atoms with van der Waals surface area (Å²) in [5.41, 5.74) is 5.98. The Bertz CT molecular complexity index is 4580. The Kier molecular flexibility index (Phi) is 42.0. The Balaban J connectivity index is 0.843. The summed E-state index contributed by atoms with van der Waals surface area (Å²) in [5.74, 6) is -7.30. The van der Waals surface area contributed by atoms with Gasteiger partial charge in [-0.25, -0.2) is 9.37 Å². The highest BCUT2D eigenvalue weighted by molar-refractivity contribution is 6.06. The first-order chi connectivity index (χ1) is 60.4. The van der Waals surface area contributed by atoms with Crippen molar-refractivity contribution in [2.24, 2.45) is 11.1 Å². The average Bonchev–Trinajstić information content (AvgIpc) is 1.12. The molecule has 126 heavy (non-hydrogen) atoms. The number of unbranched alkanes of at least 4 members (excludes halogenated alkanes) is 1. The number of tetrazole rings is 1. The molecule has 11 amide bonds. The molecule has 3 heterocycles. The van der Waals surface area contributed by atoms with Gasteiger partial charge in [0.2, 0.25) is 65.0 Å². The van der Waals surface area contributed by atoms with E-state index in [2.05, 4.69) is 106 Å². The molecule has 1 aliphatic rings. The molecule has 6 aromatic rings. The third-order valence-corrected chi connectivity index (χ3v) is 19.9. The molecule has 18 N–H and O–H groups in total. The first-order valence-electron chi connectivity index (χ1n) is 41.4. The molecular formula is C83H115FN20O22. The smallest absolute Gasteiger partial charge is 0.305 e. The second kappa shape index (κ2) is 52.5. The summed E-state index contributed by atoms with van der Waals surface area (Å²) in [7, 11) is 0. The van der Waals surface area contributed by atoms with Crippen LogP contribution < -0.4 is 63.6 Å². The maximum absolute atomic E-state index is 15.5. The maximum Gasteiger partial charge on any atom is 0.305 e. The van der Waals surface area contributed by atoms with E-state index in [0.29, 0.717) is 101 Å². The molecule has 0 saturated carbocycles. The van der Waals surface area contributed by atoms with Crippen molar-refractivity contribution >= 4 is 70.9 Å². The van der Waals surface area contributed by atoms with Crippen molar-refractivity contribution in [3.8, 4) is 28.7 Å². The van der Waals surface area contributed by atoms with Crippen molar-refractivity contribution in [1.82, 2.24) is 98.8 Å². The van der Waals surface area contributed by atoms with Gasteiger partial charge in [0.25, 0.3) is 0 Å². The summed E-state index contributed by atoms with van der Waals surface area (Å²) < 4.78 is 51.4. The van der Waals surface area contributed by atoms with E-state index in [4.69, 9.17) is 34.2 Å². The lowest BCUT2D eigenvalue weighted by molar-refractivity contribution is -0.143. The predicted octanol–water partition coefficient (Wildman–Crippen LogP) is -2.20. The van der Waals surface area contributed by atoms with Crippen molar-refractivity contribution in [3.05, 3.63) is 125 Å². The average molecular weight is 1760 g/mol. The molecule has 0 fully saturated rings. The first-order valence-corrected chi connectivity index (χ1v) is 41.4. The zero-order valence-corrected chi connectivity index (χ0v) is 71.3. The number of primary amides is 1. The van der Waals surface area contributed by atoms with Crippen LogP contribution in [0.2, 0.25) is 0 Å². The Labute approximate surface area is 726 Å². The third-order valence-electron chi connectivity index (χ3n) is 19.9. The second-order valence-electron chi connectivity index (χ2n) is 30.5. The first kappa shape index (κ1) is 101. The number of nitrogens with two attached hydrogens (primary N) is 1. The molecule has 10 atom stereocenters. The van der Waals surface area contributed by atoms with Gasteiger partial charge in [-0.3, -0.25) is 62.2 Å². The SMILES string of the molecule is CCc1cc(OCCCCn2cc(COCCOCCOCCOCCNC(=O)COC3C#CCCCCC3)nn2)ccc1-c1ccc(C[C@H](NC(=O)[C@H](CC(=O)O)NC(=O)[C@H](CO)NC(=O)[C@@H](NC(=O)[C@](C)(Cc2ccccc2F)NC(=O)[C@@H](NC(=O)CNC(=O)[C@H](Cc2nn[nH]n2)NC(=O)C(C)(C)C(=O)NCCc2cnc[nH]2)[C@@H](C)O)[C@@H](C)O)C(N)=O)cc1. The number of hydrogen-bond donors (Lipinski definition) is 17. The number of carboxylic acid groups (broad SMARTS) is 1. The van der Waals surface area contributed by atoms with Crippen LogP contribution in [-0.4, -0.2) is 283 Å². The molecule has 0 saturated heterocycles. The lowest BCUT2D eigenvalue weighted by Gasteiger charge is -2.34. The Morgan fingerprint density at radius 1 is 0.683 bits per heavy atom. The minimum Gasteiger partial charge on any atom is -0.494 e. The fourth-order valence-corrected chi connectivity index (χ4v) is 12.6. The number of aromatic nitrogens is 9. The van der Waals surface area contributed by atoms with Crippen LogP contribution >= 0.6 is 0 Å². The highest BCUT2D eigenvalue weighted by Gasteiger charge is 2.43. The Morgan fingerprint density at radius 3 is 2.04 bits per heavy atom. The lowest BCUT2D eigenvalue weighted by atomic mass is 9.90. The normalized spacial score (nSPS) is 15.0. The summed E-state index contributed by atoms with van der Waals surface area (Å²) in [4.78, 5) is 169. The van der Waals surface area contributed by atoms with E-state index in [1.54, 1.807) is 35.1 Å².